The normalized spacial score (nSPS) is 11.5. The van der Waals surface area contributed by atoms with E-state index in [0.29, 0.717) is 17.7 Å². The summed E-state index contributed by atoms with van der Waals surface area (Å²) in [7, 11) is 0. The lowest BCUT2D eigenvalue weighted by Gasteiger charge is -2.20. The summed E-state index contributed by atoms with van der Waals surface area (Å²) in [4.78, 5) is 48.8. The van der Waals surface area contributed by atoms with Gasteiger partial charge < -0.3 is 15.1 Å². The number of rotatable bonds is 7. The number of hydrogen-bond acceptors (Lipinski definition) is 5. The number of carbonyl (C=O) groups excluding carboxylic acids is 4. The van der Waals surface area contributed by atoms with Crippen LogP contribution in [0.2, 0.25) is 0 Å². The highest BCUT2D eigenvalue weighted by Gasteiger charge is 2.24. The standard InChI is InChI=1S/C21H26N4O5/c1-13(2)11-17(23-18(26)16-9-5-4-7-14(16)3)19(27)24-25-21(29)20(28)22-12-15-8-6-10-30-15/h4-10,13,17H,11-12H2,1-3H3,(H,22,28)(H,23,26)(H,24,27)(H,25,29)/t17-/m0/s1. The first-order valence-corrected chi connectivity index (χ1v) is 9.54. The van der Waals surface area contributed by atoms with Gasteiger partial charge in [-0.1, -0.05) is 32.0 Å². The van der Waals surface area contributed by atoms with Crippen LogP contribution in [0.25, 0.3) is 0 Å². The highest BCUT2D eigenvalue weighted by Crippen LogP contribution is 2.10. The van der Waals surface area contributed by atoms with Crippen LogP contribution in [-0.2, 0) is 20.9 Å². The summed E-state index contributed by atoms with van der Waals surface area (Å²) < 4.78 is 5.06. The third-order valence-electron chi connectivity index (χ3n) is 4.23. The maximum Gasteiger partial charge on any atom is 0.327 e. The van der Waals surface area contributed by atoms with Gasteiger partial charge in [-0.05, 0) is 43.0 Å². The molecular formula is C21H26N4O5. The highest BCUT2D eigenvalue weighted by atomic mass is 16.3. The van der Waals surface area contributed by atoms with Crippen LogP contribution in [0.5, 0.6) is 0 Å². The fraction of sp³-hybridized carbons (Fsp3) is 0.333. The van der Waals surface area contributed by atoms with Gasteiger partial charge in [-0.3, -0.25) is 30.0 Å². The second kappa shape index (κ2) is 10.8. The average molecular weight is 414 g/mol. The second-order valence-corrected chi connectivity index (χ2v) is 7.18. The van der Waals surface area contributed by atoms with Crippen LogP contribution in [0.4, 0.5) is 0 Å². The molecule has 0 bridgehead atoms. The van der Waals surface area contributed by atoms with Crippen molar-refractivity contribution in [2.45, 2.75) is 39.8 Å². The number of benzene rings is 1. The van der Waals surface area contributed by atoms with E-state index < -0.39 is 29.7 Å². The smallest absolute Gasteiger partial charge is 0.327 e. The Labute approximate surface area is 174 Å². The van der Waals surface area contributed by atoms with Crippen molar-refractivity contribution in [1.82, 2.24) is 21.5 Å². The molecule has 4 N–H and O–H groups in total. The average Bonchev–Trinajstić information content (AvgIpc) is 3.23. The summed E-state index contributed by atoms with van der Waals surface area (Å²) in [5, 5.41) is 5.05. The highest BCUT2D eigenvalue weighted by molar-refractivity contribution is 6.35. The molecule has 0 saturated heterocycles. The van der Waals surface area contributed by atoms with Crippen molar-refractivity contribution in [3.05, 3.63) is 59.5 Å². The van der Waals surface area contributed by atoms with Crippen molar-refractivity contribution < 1.29 is 23.6 Å². The van der Waals surface area contributed by atoms with Crippen molar-refractivity contribution in [1.29, 1.82) is 0 Å². The maximum absolute atomic E-state index is 12.6. The number of carbonyl (C=O) groups is 4. The van der Waals surface area contributed by atoms with E-state index in [1.54, 1.807) is 37.3 Å². The van der Waals surface area contributed by atoms with Crippen LogP contribution >= 0.6 is 0 Å². The molecule has 0 spiro atoms. The monoisotopic (exact) mass is 414 g/mol. The fourth-order valence-corrected chi connectivity index (χ4v) is 2.69. The fourth-order valence-electron chi connectivity index (χ4n) is 2.69. The molecule has 0 unspecified atom stereocenters. The van der Waals surface area contributed by atoms with Crippen molar-refractivity contribution in [3.8, 4) is 0 Å². The van der Waals surface area contributed by atoms with E-state index in [4.69, 9.17) is 4.42 Å². The van der Waals surface area contributed by atoms with Crippen LogP contribution in [0.15, 0.2) is 47.1 Å². The topological polar surface area (TPSA) is 130 Å². The van der Waals surface area contributed by atoms with Crippen LogP contribution in [-0.4, -0.2) is 29.7 Å². The van der Waals surface area contributed by atoms with Crippen molar-refractivity contribution in [2.24, 2.45) is 5.92 Å². The Morgan fingerprint density at radius 2 is 1.70 bits per heavy atom. The molecule has 0 aliphatic heterocycles. The lowest BCUT2D eigenvalue weighted by Crippen LogP contribution is -2.55. The minimum absolute atomic E-state index is 0.0374. The van der Waals surface area contributed by atoms with Crippen LogP contribution < -0.4 is 21.5 Å². The number of furan rings is 1. The molecule has 1 aromatic carbocycles. The third-order valence-corrected chi connectivity index (χ3v) is 4.23. The molecule has 30 heavy (non-hydrogen) atoms. The molecule has 9 nitrogen and oxygen atoms in total. The Morgan fingerprint density at radius 3 is 2.33 bits per heavy atom. The van der Waals surface area contributed by atoms with Crippen LogP contribution in [0.3, 0.4) is 0 Å². The van der Waals surface area contributed by atoms with E-state index in [2.05, 4.69) is 21.5 Å². The Bertz CT molecular complexity index is 893. The Hall–Kier alpha value is -3.62. The van der Waals surface area contributed by atoms with Gasteiger partial charge in [-0.25, -0.2) is 0 Å². The molecule has 0 saturated carbocycles. The molecule has 1 heterocycles. The number of amides is 4. The predicted molar refractivity (Wildman–Crippen MR) is 109 cm³/mol. The van der Waals surface area contributed by atoms with E-state index in [0.717, 1.165) is 5.56 Å². The van der Waals surface area contributed by atoms with Crippen molar-refractivity contribution in [3.63, 3.8) is 0 Å². The molecule has 0 fully saturated rings. The zero-order chi connectivity index (χ0) is 22.1. The number of nitrogens with one attached hydrogen (secondary N) is 4. The first-order valence-electron chi connectivity index (χ1n) is 9.54. The van der Waals surface area contributed by atoms with E-state index in [1.165, 1.54) is 6.26 Å². The van der Waals surface area contributed by atoms with E-state index in [1.807, 2.05) is 19.9 Å². The van der Waals surface area contributed by atoms with Crippen molar-refractivity contribution >= 4 is 23.6 Å². The summed E-state index contributed by atoms with van der Waals surface area (Å²) in [6.45, 7) is 5.64. The SMILES string of the molecule is Cc1ccccc1C(=O)N[C@@H](CC(C)C)C(=O)NNC(=O)C(=O)NCc1ccco1. The zero-order valence-corrected chi connectivity index (χ0v) is 17.2. The van der Waals surface area contributed by atoms with Gasteiger partial charge in [0, 0.05) is 5.56 Å². The summed E-state index contributed by atoms with van der Waals surface area (Å²) in [5.41, 5.74) is 5.49. The van der Waals surface area contributed by atoms with E-state index in [-0.39, 0.29) is 12.5 Å². The quantitative estimate of drug-likeness (QED) is 0.400. The number of hydrazine groups is 1. The Balaban J connectivity index is 1.91. The molecule has 0 radical (unpaired) electrons. The Kier molecular flexibility index (Phi) is 8.16. The molecule has 2 rings (SSSR count). The van der Waals surface area contributed by atoms with E-state index >= 15 is 0 Å². The molecule has 2 aromatic rings. The van der Waals surface area contributed by atoms with Gasteiger partial charge in [0.1, 0.15) is 11.8 Å². The first kappa shape index (κ1) is 22.7. The van der Waals surface area contributed by atoms with Crippen LogP contribution in [0.1, 0.15) is 41.9 Å². The Morgan fingerprint density at radius 1 is 0.967 bits per heavy atom. The maximum atomic E-state index is 12.6. The minimum atomic E-state index is -1.04. The van der Waals surface area contributed by atoms with E-state index in [9.17, 15) is 19.2 Å². The molecule has 0 aliphatic carbocycles. The van der Waals surface area contributed by atoms with Gasteiger partial charge in [-0.2, -0.15) is 0 Å². The molecule has 0 aliphatic rings. The van der Waals surface area contributed by atoms with Crippen LogP contribution in [0, 0.1) is 12.8 Å². The van der Waals surface area contributed by atoms with Gasteiger partial charge in [0.15, 0.2) is 0 Å². The predicted octanol–water partition coefficient (Wildman–Crippen LogP) is 1.20. The lowest BCUT2D eigenvalue weighted by atomic mass is 10.0. The zero-order valence-electron chi connectivity index (χ0n) is 17.2. The number of hydrogen-bond donors (Lipinski definition) is 4. The largest absolute Gasteiger partial charge is 0.467 e. The number of aryl methyl sites for hydroxylation is 1. The van der Waals surface area contributed by atoms with Gasteiger partial charge >= 0.3 is 11.8 Å². The minimum Gasteiger partial charge on any atom is -0.467 e. The summed E-state index contributed by atoms with van der Waals surface area (Å²) >= 11 is 0. The molecule has 160 valence electrons. The molecular weight excluding hydrogens is 388 g/mol. The molecule has 4 amide bonds. The summed E-state index contributed by atoms with van der Waals surface area (Å²) in [6, 6.07) is 9.44. The molecule has 9 heteroatoms. The van der Waals surface area contributed by atoms with Gasteiger partial charge in [0.25, 0.3) is 11.8 Å². The van der Waals surface area contributed by atoms with Gasteiger partial charge in [-0.15, -0.1) is 0 Å². The third kappa shape index (κ3) is 6.77. The van der Waals surface area contributed by atoms with Gasteiger partial charge in [0.05, 0.1) is 12.8 Å². The molecule has 1 aromatic heterocycles. The van der Waals surface area contributed by atoms with Crippen molar-refractivity contribution in [2.75, 3.05) is 0 Å². The summed E-state index contributed by atoms with van der Waals surface area (Å²) in [5.74, 6) is -2.41. The molecule has 1 atom stereocenters. The van der Waals surface area contributed by atoms with Gasteiger partial charge in [0.2, 0.25) is 0 Å². The first-order chi connectivity index (χ1) is 14.3. The lowest BCUT2D eigenvalue weighted by molar-refractivity contribution is -0.141. The second-order valence-electron chi connectivity index (χ2n) is 7.18. The summed E-state index contributed by atoms with van der Waals surface area (Å²) in [6.07, 6.45) is 1.80.